The van der Waals surface area contributed by atoms with Gasteiger partial charge in [0.05, 0.1) is 10.5 Å². The molecular weight excluding hydrogens is 551 g/mol. The molecule has 2 aromatic carbocycles. The van der Waals surface area contributed by atoms with Gasteiger partial charge in [0.15, 0.2) is 5.70 Å². The van der Waals surface area contributed by atoms with E-state index in [4.69, 9.17) is 27.9 Å². The number of carbonyl (C=O) groups is 2. The van der Waals surface area contributed by atoms with E-state index in [-0.39, 0.29) is 38.8 Å². The molecule has 0 spiro atoms. The van der Waals surface area contributed by atoms with Crippen LogP contribution in [0.3, 0.4) is 0 Å². The van der Waals surface area contributed by atoms with Gasteiger partial charge in [-0.1, -0.05) is 23.2 Å². The van der Waals surface area contributed by atoms with Crippen LogP contribution in [0.25, 0.3) is 6.08 Å². The number of nitrogens with one attached hydrogen (secondary N) is 1. The predicted octanol–water partition coefficient (Wildman–Crippen LogP) is 5.66. The molecule has 1 amide bonds. The Balaban J connectivity index is 1.54. The number of anilines is 1. The molecule has 0 saturated carbocycles. The first-order chi connectivity index (χ1) is 16.2. The van der Waals surface area contributed by atoms with E-state index in [1.807, 2.05) is 0 Å². The number of cyclic esters (lactones) is 1. The minimum Gasteiger partial charge on any atom is -0.402 e. The summed E-state index contributed by atoms with van der Waals surface area (Å²) < 4.78 is 5.89. The lowest BCUT2D eigenvalue weighted by atomic mass is 10.1. The minimum absolute atomic E-state index is 0.0323. The molecule has 1 N–H and O–H groups in total. The highest BCUT2D eigenvalue weighted by Crippen LogP contribution is 2.33. The van der Waals surface area contributed by atoms with Crippen molar-refractivity contribution in [2.45, 2.75) is 0 Å². The number of nitro benzene ring substituents is 1. The summed E-state index contributed by atoms with van der Waals surface area (Å²) in [6.45, 7) is 0. The fourth-order valence-corrected chi connectivity index (χ4v) is 3.79. The molecule has 9 nitrogen and oxygen atoms in total. The van der Waals surface area contributed by atoms with E-state index in [0.29, 0.717) is 21.3 Å². The van der Waals surface area contributed by atoms with E-state index in [2.05, 4.69) is 31.2 Å². The number of hydrogen-bond acceptors (Lipinski definition) is 7. The molecule has 0 bridgehead atoms. The highest BCUT2D eigenvalue weighted by atomic mass is 79.9. The number of aliphatic imine (C=N–C) groups is 1. The maximum Gasteiger partial charge on any atom is 0.363 e. The largest absolute Gasteiger partial charge is 0.402 e. The normalized spacial score (nSPS) is 14.0. The third-order valence-electron chi connectivity index (χ3n) is 4.53. The lowest BCUT2D eigenvalue weighted by molar-refractivity contribution is -0.384. The van der Waals surface area contributed by atoms with Crippen LogP contribution in [-0.2, 0) is 9.53 Å². The zero-order valence-corrected chi connectivity index (χ0v) is 19.9. The van der Waals surface area contributed by atoms with Crippen molar-refractivity contribution in [2.75, 3.05) is 5.32 Å². The Kier molecular flexibility index (Phi) is 6.73. The summed E-state index contributed by atoms with van der Waals surface area (Å²) in [5.74, 6) is -1.06. The van der Waals surface area contributed by atoms with Crippen molar-refractivity contribution in [2.24, 2.45) is 4.99 Å². The zero-order valence-electron chi connectivity index (χ0n) is 16.8. The molecule has 0 unspecified atom stereocenters. The monoisotopic (exact) mass is 560 g/mol. The van der Waals surface area contributed by atoms with Gasteiger partial charge >= 0.3 is 5.97 Å². The molecule has 1 aliphatic rings. The average molecular weight is 562 g/mol. The maximum absolute atomic E-state index is 12.3. The fraction of sp³-hybridized carbons (Fsp3) is 0. The fourth-order valence-electron chi connectivity index (χ4n) is 2.92. The minimum atomic E-state index is -0.747. The Morgan fingerprint density at radius 1 is 1.12 bits per heavy atom. The van der Waals surface area contributed by atoms with Gasteiger partial charge in [-0.2, -0.15) is 0 Å². The first-order valence-electron chi connectivity index (χ1n) is 9.39. The van der Waals surface area contributed by atoms with Gasteiger partial charge in [-0.05, 0) is 58.4 Å². The number of rotatable bonds is 5. The summed E-state index contributed by atoms with van der Waals surface area (Å²) in [7, 11) is 0. The highest BCUT2D eigenvalue weighted by molar-refractivity contribution is 9.10. The first-order valence-corrected chi connectivity index (χ1v) is 10.9. The van der Waals surface area contributed by atoms with Gasteiger partial charge in [-0.15, -0.1) is 0 Å². The van der Waals surface area contributed by atoms with Crippen molar-refractivity contribution in [1.82, 2.24) is 4.98 Å². The van der Waals surface area contributed by atoms with Crippen LogP contribution in [0, 0.1) is 10.1 Å². The summed E-state index contributed by atoms with van der Waals surface area (Å²) in [4.78, 5) is 43.2. The molecule has 0 radical (unpaired) electrons. The van der Waals surface area contributed by atoms with Crippen molar-refractivity contribution < 1.29 is 19.2 Å². The topological polar surface area (TPSA) is 124 Å². The van der Waals surface area contributed by atoms with Gasteiger partial charge in [0.25, 0.3) is 11.6 Å². The van der Waals surface area contributed by atoms with Gasteiger partial charge in [0, 0.05) is 44.8 Å². The third kappa shape index (κ3) is 5.14. The quantitative estimate of drug-likeness (QED) is 0.185. The van der Waals surface area contributed by atoms with Crippen LogP contribution in [0.5, 0.6) is 0 Å². The SMILES string of the molecule is O=C1OC(c2ccc(NC(=O)c3cncc(Br)c3)cc2)=N/C1=C\c1cc([N+](=O)[O-])c(Cl)cc1Cl. The van der Waals surface area contributed by atoms with Crippen LogP contribution in [0.1, 0.15) is 21.5 Å². The Labute approximate surface area is 210 Å². The molecule has 34 heavy (non-hydrogen) atoms. The molecule has 12 heteroatoms. The summed E-state index contributed by atoms with van der Waals surface area (Å²) in [6, 6.07) is 10.5. The number of nitrogens with zero attached hydrogens (tertiary/aromatic N) is 3. The van der Waals surface area contributed by atoms with Crippen LogP contribution in [0.15, 0.2) is 70.0 Å². The lowest BCUT2D eigenvalue weighted by Crippen LogP contribution is -2.12. The van der Waals surface area contributed by atoms with Crippen molar-refractivity contribution in [3.05, 3.63) is 102 Å². The second-order valence-electron chi connectivity index (χ2n) is 6.84. The van der Waals surface area contributed by atoms with Crippen LogP contribution in [0.4, 0.5) is 11.4 Å². The standard InChI is InChI=1S/C22H11BrCl2N4O5/c23-14-5-13(9-26-10-14)20(30)27-15-3-1-11(2-4-15)21-28-18(22(31)34-21)6-12-7-19(29(32)33)17(25)8-16(12)24/h1-10H,(H,27,30)/b18-6-. The average Bonchev–Trinajstić information content (AvgIpc) is 3.16. The number of ether oxygens (including phenoxy) is 1. The number of amides is 1. The van der Waals surface area contributed by atoms with Crippen LogP contribution < -0.4 is 5.32 Å². The number of benzene rings is 2. The zero-order chi connectivity index (χ0) is 24.4. The Morgan fingerprint density at radius 2 is 1.85 bits per heavy atom. The van der Waals surface area contributed by atoms with Crippen molar-refractivity contribution in [3.8, 4) is 0 Å². The number of hydrogen-bond donors (Lipinski definition) is 1. The van der Waals surface area contributed by atoms with Crippen LogP contribution in [0.2, 0.25) is 10.0 Å². The predicted molar refractivity (Wildman–Crippen MR) is 130 cm³/mol. The molecule has 2 heterocycles. The summed E-state index contributed by atoms with van der Waals surface area (Å²) in [5.41, 5.74) is 1.11. The van der Waals surface area contributed by atoms with Crippen molar-refractivity contribution in [3.63, 3.8) is 0 Å². The smallest absolute Gasteiger partial charge is 0.363 e. The molecule has 0 atom stereocenters. The van der Waals surface area contributed by atoms with Gasteiger partial charge in [0.1, 0.15) is 5.02 Å². The first kappa shape index (κ1) is 23.6. The number of carbonyl (C=O) groups excluding carboxylic acids is 2. The molecule has 1 aromatic heterocycles. The van der Waals surface area contributed by atoms with E-state index >= 15 is 0 Å². The Bertz CT molecular complexity index is 1410. The lowest BCUT2D eigenvalue weighted by Gasteiger charge is -2.06. The molecular formula is C22H11BrCl2N4O5. The van der Waals surface area contributed by atoms with Crippen LogP contribution >= 0.6 is 39.1 Å². The molecule has 0 aliphatic carbocycles. The molecule has 3 aromatic rings. The van der Waals surface area contributed by atoms with Gasteiger partial charge in [-0.25, -0.2) is 9.79 Å². The van der Waals surface area contributed by atoms with Crippen LogP contribution in [-0.4, -0.2) is 27.7 Å². The van der Waals surface area contributed by atoms with Gasteiger partial charge in [-0.3, -0.25) is 19.9 Å². The molecule has 0 fully saturated rings. The number of aromatic nitrogens is 1. The third-order valence-corrected chi connectivity index (χ3v) is 5.60. The summed E-state index contributed by atoms with van der Waals surface area (Å²) >= 11 is 15.2. The summed E-state index contributed by atoms with van der Waals surface area (Å²) in [6.07, 6.45) is 4.29. The molecule has 170 valence electrons. The second kappa shape index (κ2) is 9.72. The number of nitro groups is 1. The van der Waals surface area contributed by atoms with E-state index in [1.165, 1.54) is 18.3 Å². The van der Waals surface area contributed by atoms with E-state index in [9.17, 15) is 19.7 Å². The maximum atomic E-state index is 12.3. The number of pyridine rings is 1. The van der Waals surface area contributed by atoms with E-state index < -0.39 is 10.9 Å². The van der Waals surface area contributed by atoms with Gasteiger partial charge < -0.3 is 10.1 Å². The van der Waals surface area contributed by atoms with E-state index in [0.717, 1.165) is 6.07 Å². The molecule has 0 saturated heterocycles. The molecule has 1 aliphatic heterocycles. The number of halogens is 3. The van der Waals surface area contributed by atoms with E-state index in [1.54, 1.807) is 36.5 Å². The second-order valence-corrected chi connectivity index (χ2v) is 8.57. The Morgan fingerprint density at radius 3 is 2.53 bits per heavy atom. The summed E-state index contributed by atoms with van der Waals surface area (Å²) in [5, 5.41) is 13.8. The molecule has 4 rings (SSSR count). The van der Waals surface area contributed by atoms with Crippen molar-refractivity contribution >= 4 is 74.4 Å². The van der Waals surface area contributed by atoms with Gasteiger partial charge in [0.2, 0.25) is 5.90 Å². The highest BCUT2D eigenvalue weighted by Gasteiger charge is 2.25. The number of esters is 1. The Hall–Kier alpha value is -3.60. The van der Waals surface area contributed by atoms with Crippen molar-refractivity contribution in [1.29, 1.82) is 0 Å².